The molecule has 24 heavy (non-hydrogen) atoms. The summed E-state index contributed by atoms with van der Waals surface area (Å²) in [5.74, 6) is 1.40. The van der Waals surface area contributed by atoms with E-state index in [9.17, 15) is 4.79 Å². The fourth-order valence-electron chi connectivity index (χ4n) is 2.79. The highest BCUT2D eigenvalue weighted by atomic mass is 32.1. The van der Waals surface area contributed by atoms with Crippen molar-refractivity contribution < 1.29 is 9.32 Å². The highest BCUT2D eigenvalue weighted by molar-refractivity contribution is 7.09. The van der Waals surface area contributed by atoms with E-state index in [1.54, 1.807) is 23.3 Å². The second kappa shape index (κ2) is 6.24. The van der Waals surface area contributed by atoms with Crippen LogP contribution in [0.25, 0.3) is 5.82 Å². The van der Waals surface area contributed by atoms with Gasteiger partial charge >= 0.3 is 0 Å². The Balaban J connectivity index is 1.87. The minimum atomic E-state index is -0.0276. The van der Waals surface area contributed by atoms with Gasteiger partial charge in [-0.3, -0.25) is 9.36 Å². The molecule has 0 aromatic carbocycles. The van der Waals surface area contributed by atoms with Crippen LogP contribution in [0.1, 0.15) is 38.2 Å². The molecule has 0 spiro atoms. The zero-order valence-electron chi connectivity index (χ0n) is 14.5. The maximum atomic E-state index is 12.8. The van der Waals surface area contributed by atoms with Crippen LogP contribution in [0.15, 0.2) is 22.0 Å². The molecular formula is C17H20N4O2S. The van der Waals surface area contributed by atoms with E-state index < -0.39 is 0 Å². The van der Waals surface area contributed by atoms with Crippen molar-refractivity contribution >= 4 is 17.2 Å². The predicted octanol–water partition coefficient (Wildman–Crippen LogP) is 3.43. The van der Waals surface area contributed by atoms with Crippen molar-refractivity contribution in [3.8, 4) is 5.82 Å². The van der Waals surface area contributed by atoms with Gasteiger partial charge in [0.25, 0.3) is 5.91 Å². The molecule has 0 radical (unpaired) electrons. The van der Waals surface area contributed by atoms with Crippen LogP contribution in [0.3, 0.4) is 0 Å². The van der Waals surface area contributed by atoms with Crippen LogP contribution in [0.4, 0.5) is 0 Å². The van der Waals surface area contributed by atoms with Gasteiger partial charge < -0.3 is 9.42 Å². The summed E-state index contributed by atoms with van der Waals surface area (Å²) in [6.45, 7) is 8.18. The Morgan fingerprint density at radius 2 is 2.04 bits per heavy atom. The predicted molar refractivity (Wildman–Crippen MR) is 92.7 cm³/mol. The SMILES string of the molecule is Cc1cc(-n2c(C)cc(C(=O)N(C)Cc3csc(C)n3)c2C)no1. The Labute approximate surface area is 144 Å². The molecule has 3 rings (SSSR count). The largest absolute Gasteiger partial charge is 0.360 e. The fourth-order valence-corrected chi connectivity index (χ4v) is 3.40. The summed E-state index contributed by atoms with van der Waals surface area (Å²) in [4.78, 5) is 18.9. The summed E-state index contributed by atoms with van der Waals surface area (Å²) in [6.07, 6.45) is 0. The highest BCUT2D eigenvalue weighted by Crippen LogP contribution is 2.22. The molecule has 1 amide bonds. The van der Waals surface area contributed by atoms with Gasteiger partial charge in [-0.15, -0.1) is 11.3 Å². The van der Waals surface area contributed by atoms with Gasteiger partial charge in [0, 0.05) is 29.9 Å². The molecule has 0 aliphatic heterocycles. The van der Waals surface area contributed by atoms with Gasteiger partial charge in [-0.2, -0.15) is 0 Å². The molecule has 126 valence electrons. The molecule has 3 heterocycles. The van der Waals surface area contributed by atoms with Crippen molar-refractivity contribution in [2.24, 2.45) is 0 Å². The molecular weight excluding hydrogens is 324 g/mol. The molecule has 0 aliphatic carbocycles. The van der Waals surface area contributed by atoms with Crippen LogP contribution in [0.5, 0.6) is 0 Å². The van der Waals surface area contributed by atoms with Crippen LogP contribution in [0.2, 0.25) is 0 Å². The van der Waals surface area contributed by atoms with Crippen molar-refractivity contribution in [2.45, 2.75) is 34.2 Å². The third kappa shape index (κ3) is 2.99. The van der Waals surface area contributed by atoms with Gasteiger partial charge in [0.2, 0.25) is 0 Å². The van der Waals surface area contributed by atoms with E-state index in [1.165, 1.54) is 0 Å². The lowest BCUT2D eigenvalue weighted by atomic mass is 10.2. The summed E-state index contributed by atoms with van der Waals surface area (Å²) in [5.41, 5.74) is 3.38. The zero-order valence-corrected chi connectivity index (χ0v) is 15.3. The summed E-state index contributed by atoms with van der Waals surface area (Å²) < 4.78 is 7.09. The molecule has 0 fully saturated rings. The molecule has 0 saturated heterocycles. The number of thiazole rings is 1. The summed E-state index contributed by atoms with van der Waals surface area (Å²) >= 11 is 1.59. The second-order valence-electron chi connectivity index (χ2n) is 5.94. The van der Waals surface area contributed by atoms with E-state index in [2.05, 4.69) is 10.1 Å². The first kappa shape index (κ1) is 16.4. The third-order valence-electron chi connectivity index (χ3n) is 3.92. The third-order valence-corrected chi connectivity index (χ3v) is 4.74. The average Bonchev–Trinajstić information content (AvgIpc) is 3.19. The molecule has 0 saturated carbocycles. The number of nitrogens with zero attached hydrogens (tertiary/aromatic N) is 4. The first-order chi connectivity index (χ1) is 11.4. The number of aromatic nitrogens is 3. The quantitative estimate of drug-likeness (QED) is 0.727. The molecule has 3 aromatic heterocycles. The van der Waals surface area contributed by atoms with Crippen molar-refractivity contribution in [3.05, 3.63) is 50.9 Å². The minimum Gasteiger partial charge on any atom is -0.360 e. The lowest BCUT2D eigenvalue weighted by Crippen LogP contribution is -2.26. The molecule has 0 unspecified atom stereocenters. The van der Waals surface area contributed by atoms with E-state index in [0.717, 1.165) is 27.8 Å². The molecule has 6 nitrogen and oxygen atoms in total. The number of rotatable bonds is 4. The summed E-state index contributed by atoms with van der Waals surface area (Å²) in [7, 11) is 1.80. The Hall–Kier alpha value is -2.41. The topological polar surface area (TPSA) is 64.2 Å². The van der Waals surface area contributed by atoms with E-state index >= 15 is 0 Å². The molecule has 0 atom stereocenters. The van der Waals surface area contributed by atoms with Gasteiger partial charge in [0.1, 0.15) is 5.76 Å². The number of amides is 1. The molecule has 0 bridgehead atoms. The number of aryl methyl sites for hydroxylation is 3. The first-order valence-electron chi connectivity index (χ1n) is 7.66. The Morgan fingerprint density at radius 1 is 1.29 bits per heavy atom. The normalized spacial score (nSPS) is 11.0. The van der Waals surface area contributed by atoms with Gasteiger partial charge in [-0.05, 0) is 33.8 Å². The van der Waals surface area contributed by atoms with Crippen molar-refractivity contribution in [1.82, 2.24) is 19.6 Å². The lowest BCUT2D eigenvalue weighted by molar-refractivity contribution is 0.0783. The molecule has 0 aliphatic rings. The number of hydrogen-bond donors (Lipinski definition) is 0. The summed E-state index contributed by atoms with van der Waals surface area (Å²) in [6, 6.07) is 3.75. The molecule has 3 aromatic rings. The number of carbonyl (C=O) groups excluding carboxylic acids is 1. The Morgan fingerprint density at radius 3 is 2.62 bits per heavy atom. The second-order valence-corrected chi connectivity index (χ2v) is 7.00. The van der Waals surface area contributed by atoms with E-state index in [-0.39, 0.29) is 5.91 Å². The molecule has 0 N–H and O–H groups in total. The van der Waals surface area contributed by atoms with E-state index in [4.69, 9.17) is 4.52 Å². The van der Waals surface area contributed by atoms with Crippen LogP contribution in [0, 0.1) is 27.7 Å². The zero-order chi connectivity index (χ0) is 17.4. The lowest BCUT2D eigenvalue weighted by Gasteiger charge is -2.16. The standard InChI is InChI=1S/C17H20N4O2S/c1-10-6-15(12(3)21(10)16-7-11(2)23-19-16)17(22)20(5)8-14-9-24-13(4)18-14/h6-7,9H,8H2,1-5H3. The fraction of sp³-hybridized carbons (Fsp3) is 0.353. The van der Waals surface area contributed by atoms with Gasteiger partial charge in [0.15, 0.2) is 5.82 Å². The number of carbonyl (C=O) groups is 1. The van der Waals surface area contributed by atoms with Crippen LogP contribution in [-0.4, -0.2) is 32.6 Å². The van der Waals surface area contributed by atoms with Crippen LogP contribution < -0.4 is 0 Å². The van der Waals surface area contributed by atoms with Crippen molar-refractivity contribution in [2.75, 3.05) is 7.05 Å². The van der Waals surface area contributed by atoms with Crippen LogP contribution >= 0.6 is 11.3 Å². The first-order valence-corrected chi connectivity index (χ1v) is 8.54. The minimum absolute atomic E-state index is 0.0276. The average molecular weight is 344 g/mol. The maximum absolute atomic E-state index is 12.8. The Kier molecular flexibility index (Phi) is 4.28. The molecule has 7 heteroatoms. The van der Waals surface area contributed by atoms with Crippen LogP contribution in [-0.2, 0) is 6.54 Å². The highest BCUT2D eigenvalue weighted by Gasteiger charge is 2.21. The monoisotopic (exact) mass is 344 g/mol. The van der Waals surface area contributed by atoms with Crippen molar-refractivity contribution in [3.63, 3.8) is 0 Å². The van der Waals surface area contributed by atoms with Gasteiger partial charge in [-0.25, -0.2) is 4.98 Å². The van der Waals surface area contributed by atoms with E-state index in [1.807, 2.05) is 49.8 Å². The maximum Gasteiger partial charge on any atom is 0.255 e. The smallest absolute Gasteiger partial charge is 0.255 e. The van der Waals surface area contributed by atoms with E-state index in [0.29, 0.717) is 17.9 Å². The van der Waals surface area contributed by atoms with Crippen molar-refractivity contribution in [1.29, 1.82) is 0 Å². The van der Waals surface area contributed by atoms with Gasteiger partial charge in [-0.1, -0.05) is 5.16 Å². The Bertz CT molecular complexity index is 890. The van der Waals surface area contributed by atoms with Gasteiger partial charge in [0.05, 0.1) is 22.8 Å². The number of hydrogen-bond acceptors (Lipinski definition) is 5. The summed E-state index contributed by atoms with van der Waals surface area (Å²) in [5, 5.41) is 7.04.